The average Bonchev–Trinajstić information content (AvgIpc) is 2.69. The van der Waals surface area contributed by atoms with Crippen molar-refractivity contribution >= 4 is 21.6 Å². The summed E-state index contributed by atoms with van der Waals surface area (Å²) < 4.78 is 37.3. The van der Waals surface area contributed by atoms with Gasteiger partial charge in [0.25, 0.3) is 5.91 Å². The third-order valence-corrected chi connectivity index (χ3v) is 6.02. The summed E-state index contributed by atoms with van der Waals surface area (Å²) in [4.78, 5) is 12.6. The lowest BCUT2D eigenvalue weighted by molar-refractivity contribution is -0.127. The Labute approximate surface area is 178 Å². The second kappa shape index (κ2) is 8.95. The van der Waals surface area contributed by atoms with Crippen molar-refractivity contribution < 1.29 is 22.7 Å². The summed E-state index contributed by atoms with van der Waals surface area (Å²) in [6, 6.07) is 13.1. The fourth-order valence-corrected chi connectivity index (χ4v) is 4.26. The number of hydrogen-bond donors (Lipinski definition) is 1. The van der Waals surface area contributed by atoms with Crippen LogP contribution < -0.4 is 19.1 Å². The predicted molar refractivity (Wildman–Crippen MR) is 117 cm³/mol. The van der Waals surface area contributed by atoms with E-state index in [2.05, 4.69) is 19.2 Å². The molecule has 2 aromatic carbocycles. The molecular formula is C22H28N2O5S. The molecule has 1 N–H and O–H groups in total. The van der Waals surface area contributed by atoms with E-state index in [0.717, 1.165) is 23.1 Å². The molecule has 0 spiro atoms. The number of fused-ring (bicyclic) bond motifs is 1. The summed E-state index contributed by atoms with van der Waals surface area (Å²) in [6.45, 7) is 6.57. The van der Waals surface area contributed by atoms with Gasteiger partial charge in [-0.05, 0) is 42.2 Å². The molecule has 1 unspecified atom stereocenters. The highest BCUT2D eigenvalue weighted by atomic mass is 32.2. The van der Waals surface area contributed by atoms with Crippen molar-refractivity contribution in [3.63, 3.8) is 0 Å². The van der Waals surface area contributed by atoms with E-state index in [4.69, 9.17) is 9.47 Å². The van der Waals surface area contributed by atoms with Crippen LogP contribution in [-0.4, -0.2) is 46.4 Å². The second-order valence-electron chi connectivity index (χ2n) is 7.70. The van der Waals surface area contributed by atoms with E-state index in [-0.39, 0.29) is 19.0 Å². The molecule has 0 aromatic heterocycles. The third kappa shape index (κ3) is 5.05. The monoisotopic (exact) mass is 432 g/mol. The zero-order chi connectivity index (χ0) is 21.9. The molecule has 162 valence electrons. The lowest BCUT2D eigenvalue weighted by Crippen LogP contribution is -2.51. The van der Waals surface area contributed by atoms with E-state index in [1.54, 1.807) is 12.1 Å². The zero-order valence-corrected chi connectivity index (χ0v) is 18.5. The molecule has 0 saturated carbocycles. The van der Waals surface area contributed by atoms with E-state index >= 15 is 0 Å². The van der Waals surface area contributed by atoms with Crippen molar-refractivity contribution in [1.29, 1.82) is 0 Å². The number of carbonyl (C=O) groups excluding carboxylic acids is 1. The number of ether oxygens (including phenoxy) is 2. The topological polar surface area (TPSA) is 84.9 Å². The molecule has 30 heavy (non-hydrogen) atoms. The van der Waals surface area contributed by atoms with Gasteiger partial charge >= 0.3 is 0 Å². The highest BCUT2D eigenvalue weighted by Gasteiger charge is 2.34. The number of rotatable bonds is 7. The Morgan fingerprint density at radius 3 is 2.70 bits per heavy atom. The summed E-state index contributed by atoms with van der Waals surface area (Å²) in [5.41, 5.74) is 2.47. The van der Waals surface area contributed by atoms with E-state index in [1.165, 1.54) is 4.31 Å². The molecule has 8 heteroatoms. The van der Waals surface area contributed by atoms with Gasteiger partial charge in [0.15, 0.2) is 6.10 Å². The van der Waals surface area contributed by atoms with Gasteiger partial charge in [-0.2, -0.15) is 0 Å². The molecule has 0 fully saturated rings. The van der Waals surface area contributed by atoms with Gasteiger partial charge in [0.05, 0.1) is 25.0 Å². The van der Waals surface area contributed by atoms with Crippen LogP contribution in [0, 0.1) is 6.92 Å². The summed E-state index contributed by atoms with van der Waals surface area (Å²) in [5, 5.41) is 2.78. The molecular weight excluding hydrogens is 404 g/mol. The van der Waals surface area contributed by atoms with Crippen molar-refractivity contribution in [2.24, 2.45) is 0 Å². The van der Waals surface area contributed by atoms with Gasteiger partial charge in [0, 0.05) is 0 Å². The molecule has 0 bridgehead atoms. The van der Waals surface area contributed by atoms with Crippen LogP contribution in [0.4, 0.5) is 5.69 Å². The third-order valence-electron chi connectivity index (χ3n) is 4.88. The normalized spacial score (nSPS) is 16.0. The van der Waals surface area contributed by atoms with Crippen LogP contribution in [0.3, 0.4) is 0 Å². The molecule has 0 aliphatic carbocycles. The molecule has 0 radical (unpaired) electrons. The van der Waals surface area contributed by atoms with Gasteiger partial charge in [-0.25, -0.2) is 8.42 Å². The maximum absolute atomic E-state index is 12.6. The summed E-state index contributed by atoms with van der Waals surface area (Å²) in [7, 11) is -3.55. The van der Waals surface area contributed by atoms with Gasteiger partial charge in [0.2, 0.25) is 10.0 Å². The van der Waals surface area contributed by atoms with Gasteiger partial charge < -0.3 is 14.8 Å². The molecule has 7 nitrogen and oxygen atoms in total. The van der Waals surface area contributed by atoms with Crippen LogP contribution in [0.25, 0.3) is 0 Å². The molecule has 0 saturated heterocycles. The van der Waals surface area contributed by atoms with Gasteiger partial charge in [-0.1, -0.05) is 38.1 Å². The standard InChI is InChI=1S/C22H28N2O5S/c1-15(2)17-7-5-6-8-19(17)28-12-11-23-22(25)21-14-24(30(4,26)27)18-13-16(3)9-10-20(18)29-21/h5-10,13,15,21H,11-12,14H2,1-4H3,(H,23,25). The minimum Gasteiger partial charge on any atom is -0.491 e. The Hall–Kier alpha value is -2.74. The van der Waals surface area contributed by atoms with Crippen LogP contribution in [-0.2, 0) is 14.8 Å². The first-order chi connectivity index (χ1) is 14.2. The lowest BCUT2D eigenvalue weighted by Gasteiger charge is -2.34. The van der Waals surface area contributed by atoms with E-state index in [0.29, 0.717) is 24.0 Å². The highest BCUT2D eigenvalue weighted by molar-refractivity contribution is 7.92. The largest absolute Gasteiger partial charge is 0.491 e. The Balaban J connectivity index is 1.62. The fourth-order valence-electron chi connectivity index (χ4n) is 3.35. The number of amides is 1. The Kier molecular flexibility index (Phi) is 6.55. The zero-order valence-electron chi connectivity index (χ0n) is 17.7. The van der Waals surface area contributed by atoms with Crippen molar-refractivity contribution in [2.45, 2.75) is 32.8 Å². The smallest absolute Gasteiger partial charge is 0.263 e. The number of nitrogens with one attached hydrogen (secondary N) is 1. The van der Waals surface area contributed by atoms with E-state index in [9.17, 15) is 13.2 Å². The number of sulfonamides is 1. The molecule has 1 heterocycles. The van der Waals surface area contributed by atoms with Crippen molar-refractivity contribution in [2.75, 3.05) is 30.3 Å². The number of anilines is 1. The predicted octanol–water partition coefficient (Wildman–Crippen LogP) is 2.84. The SMILES string of the molecule is Cc1ccc2c(c1)N(S(C)(=O)=O)CC(C(=O)NCCOc1ccccc1C(C)C)O2. The van der Waals surface area contributed by atoms with Gasteiger partial charge in [-0.3, -0.25) is 9.10 Å². The molecule has 3 rings (SSSR count). The van der Waals surface area contributed by atoms with Crippen molar-refractivity contribution in [3.8, 4) is 11.5 Å². The van der Waals surface area contributed by atoms with Crippen LogP contribution >= 0.6 is 0 Å². The molecule has 1 amide bonds. The minimum absolute atomic E-state index is 0.0713. The average molecular weight is 433 g/mol. The van der Waals surface area contributed by atoms with E-state index < -0.39 is 16.1 Å². The Morgan fingerprint density at radius 1 is 1.27 bits per heavy atom. The number of hydrogen-bond acceptors (Lipinski definition) is 5. The maximum atomic E-state index is 12.6. The quantitative estimate of drug-likeness (QED) is 0.680. The van der Waals surface area contributed by atoms with Crippen molar-refractivity contribution in [3.05, 3.63) is 53.6 Å². The number of aryl methyl sites for hydroxylation is 1. The van der Waals surface area contributed by atoms with Crippen molar-refractivity contribution in [1.82, 2.24) is 5.32 Å². The van der Waals surface area contributed by atoms with E-state index in [1.807, 2.05) is 37.3 Å². The number of para-hydroxylation sites is 1. The first-order valence-electron chi connectivity index (χ1n) is 9.91. The maximum Gasteiger partial charge on any atom is 0.263 e. The van der Waals surface area contributed by atoms with Crippen LogP contribution in [0.2, 0.25) is 0 Å². The first kappa shape index (κ1) is 22.0. The fraction of sp³-hybridized carbons (Fsp3) is 0.409. The molecule has 1 aliphatic rings. The number of benzene rings is 2. The Morgan fingerprint density at radius 2 is 2.00 bits per heavy atom. The van der Waals surface area contributed by atoms with Crippen LogP contribution in [0.15, 0.2) is 42.5 Å². The van der Waals surface area contributed by atoms with Gasteiger partial charge in [0.1, 0.15) is 18.1 Å². The lowest BCUT2D eigenvalue weighted by atomic mass is 10.0. The summed E-state index contributed by atoms with van der Waals surface area (Å²) >= 11 is 0. The molecule has 1 atom stereocenters. The minimum atomic E-state index is -3.55. The van der Waals surface area contributed by atoms with Gasteiger partial charge in [-0.15, -0.1) is 0 Å². The Bertz CT molecular complexity index is 1020. The molecule has 1 aliphatic heterocycles. The second-order valence-corrected chi connectivity index (χ2v) is 9.61. The number of carbonyl (C=O) groups is 1. The molecule has 2 aromatic rings. The number of nitrogens with zero attached hydrogens (tertiary/aromatic N) is 1. The first-order valence-corrected chi connectivity index (χ1v) is 11.8. The highest BCUT2D eigenvalue weighted by Crippen LogP contribution is 2.35. The van der Waals surface area contributed by atoms with Crippen LogP contribution in [0.5, 0.6) is 11.5 Å². The summed E-state index contributed by atoms with van der Waals surface area (Å²) in [5.74, 6) is 1.12. The van der Waals surface area contributed by atoms with Crippen LogP contribution in [0.1, 0.15) is 30.9 Å². The summed E-state index contributed by atoms with van der Waals surface area (Å²) in [6.07, 6.45) is 0.192.